The van der Waals surface area contributed by atoms with E-state index in [1.807, 2.05) is 89.1 Å². The van der Waals surface area contributed by atoms with Gasteiger partial charge < -0.3 is 18.6 Å². The number of amides is 2. The van der Waals surface area contributed by atoms with E-state index >= 15 is 0 Å². The van der Waals surface area contributed by atoms with E-state index in [2.05, 4.69) is 10.3 Å². The highest BCUT2D eigenvalue weighted by molar-refractivity contribution is 8.15. The van der Waals surface area contributed by atoms with Crippen LogP contribution in [0.5, 0.6) is 17.2 Å². The Morgan fingerprint density at radius 3 is 2.35 bits per heavy atom. The number of aromatic nitrogens is 4. The van der Waals surface area contributed by atoms with Gasteiger partial charge in [-0.25, -0.2) is 9.97 Å². The second-order valence-corrected chi connectivity index (χ2v) is 10.00. The Bertz CT molecular complexity index is 1620. The van der Waals surface area contributed by atoms with Gasteiger partial charge in [0.15, 0.2) is 0 Å². The number of carbonyl (C=O) groups excluding carboxylic acids is 2. The fourth-order valence-corrected chi connectivity index (χ4v) is 5.12. The summed E-state index contributed by atoms with van der Waals surface area (Å²) in [7, 11) is 1.95. The van der Waals surface area contributed by atoms with E-state index in [9.17, 15) is 9.59 Å². The van der Waals surface area contributed by atoms with Crippen molar-refractivity contribution in [1.29, 1.82) is 0 Å². The van der Waals surface area contributed by atoms with Crippen LogP contribution in [0.15, 0.2) is 85.5 Å². The molecule has 2 amide bonds. The SMILES string of the molecule is Cl.Cl.Cn1c(COc2ccc(CC3SC(=O)NC3=O)cc2)nc2ccc(Oc3ccc(-n4ccnc4)cc3)cc21. The summed E-state index contributed by atoms with van der Waals surface area (Å²) in [5, 5.41) is 1.64. The summed E-state index contributed by atoms with van der Waals surface area (Å²) in [5.74, 6) is 2.70. The molecule has 1 N–H and O–H groups in total. The monoisotopic (exact) mass is 597 g/mol. The quantitative estimate of drug-likeness (QED) is 0.239. The number of ether oxygens (including phenoxy) is 2. The summed E-state index contributed by atoms with van der Waals surface area (Å²) in [6.07, 6.45) is 5.88. The fourth-order valence-electron chi connectivity index (χ4n) is 4.26. The highest BCUT2D eigenvalue weighted by Crippen LogP contribution is 2.28. The summed E-state index contributed by atoms with van der Waals surface area (Å²) in [5.41, 5.74) is 3.76. The zero-order valence-electron chi connectivity index (χ0n) is 21.2. The Morgan fingerprint density at radius 1 is 0.950 bits per heavy atom. The number of hydrogen-bond acceptors (Lipinski definition) is 7. The Kier molecular flexibility index (Phi) is 9.03. The molecular formula is C28H25Cl2N5O4S. The van der Waals surface area contributed by atoms with Gasteiger partial charge in [0, 0.05) is 31.2 Å². The number of fused-ring (bicyclic) bond motifs is 1. The van der Waals surface area contributed by atoms with Crippen LogP contribution in [0.4, 0.5) is 4.79 Å². The molecule has 2 aromatic heterocycles. The molecule has 5 aromatic rings. The second-order valence-electron chi connectivity index (χ2n) is 8.82. The molecule has 0 saturated carbocycles. The van der Waals surface area contributed by atoms with Gasteiger partial charge in [-0.1, -0.05) is 23.9 Å². The van der Waals surface area contributed by atoms with Crippen LogP contribution in [-0.4, -0.2) is 35.5 Å². The average molecular weight is 599 g/mol. The predicted octanol–water partition coefficient (Wildman–Crippen LogP) is 5.87. The van der Waals surface area contributed by atoms with E-state index in [-0.39, 0.29) is 41.2 Å². The van der Waals surface area contributed by atoms with E-state index < -0.39 is 0 Å². The van der Waals surface area contributed by atoms with Crippen molar-refractivity contribution in [2.75, 3.05) is 0 Å². The lowest BCUT2D eigenvalue weighted by atomic mass is 10.1. The first-order valence-corrected chi connectivity index (χ1v) is 12.8. The zero-order chi connectivity index (χ0) is 26.1. The summed E-state index contributed by atoms with van der Waals surface area (Å²) in [4.78, 5) is 31.9. The second kappa shape index (κ2) is 12.5. The number of benzene rings is 3. The molecule has 0 aliphatic carbocycles. The van der Waals surface area contributed by atoms with Crippen molar-refractivity contribution in [3.63, 3.8) is 0 Å². The van der Waals surface area contributed by atoms with E-state index in [1.54, 1.807) is 12.5 Å². The van der Waals surface area contributed by atoms with Crippen molar-refractivity contribution < 1.29 is 19.1 Å². The van der Waals surface area contributed by atoms with Gasteiger partial charge >= 0.3 is 0 Å². The molecule has 12 heteroatoms. The number of imidazole rings is 2. The maximum Gasteiger partial charge on any atom is 0.286 e. The number of thioether (sulfide) groups is 1. The topological polar surface area (TPSA) is 100 Å². The molecule has 0 radical (unpaired) electrons. The number of rotatable bonds is 8. The van der Waals surface area contributed by atoms with Crippen LogP contribution in [0.25, 0.3) is 16.7 Å². The van der Waals surface area contributed by atoms with Gasteiger partial charge in [0.05, 0.1) is 22.6 Å². The summed E-state index contributed by atoms with van der Waals surface area (Å²) >= 11 is 1.03. The van der Waals surface area contributed by atoms with Crippen molar-refractivity contribution in [2.24, 2.45) is 7.05 Å². The molecule has 6 rings (SSSR count). The summed E-state index contributed by atoms with van der Waals surface area (Å²) < 4.78 is 16.0. The molecular weight excluding hydrogens is 573 g/mol. The fraction of sp³-hybridized carbons (Fsp3) is 0.143. The minimum absolute atomic E-state index is 0. The van der Waals surface area contributed by atoms with Crippen molar-refractivity contribution >= 4 is 58.8 Å². The molecule has 1 saturated heterocycles. The minimum atomic E-state index is -0.384. The normalized spacial score (nSPS) is 14.4. The van der Waals surface area contributed by atoms with E-state index in [4.69, 9.17) is 14.5 Å². The number of imide groups is 1. The van der Waals surface area contributed by atoms with E-state index in [0.717, 1.165) is 51.4 Å². The molecule has 1 aliphatic rings. The van der Waals surface area contributed by atoms with Gasteiger partial charge in [0.25, 0.3) is 5.24 Å². The predicted molar refractivity (Wildman–Crippen MR) is 158 cm³/mol. The van der Waals surface area contributed by atoms with Crippen molar-refractivity contribution in [3.8, 4) is 22.9 Å². The van der Waals surface area contributed by atoms with Crippen LogP contribution in [-0.2, 0) is 24.9 Å². The third-order valence-electron chi connectivity index (χ3n) is 6.30. The highest BCUT2D eigenvalue weighted by atomic mass is 35.5. The Labute approximate surface area is 246 Å². The highest BCUT2D eigenvalue weighted by Gasteiger charge is 2.31. The van der Waals surface area contributed by atoms with E-state index in [1.165, 1.54) is 0 Å². The van der Waals surface area contributed by atoms with Gasteiger partial charge in [0.1, 0.15) is 29.7 Å². The van der Waals surface area contributed by atoms with Gasteiger partial charge in [0.2, 0.25) is 5.91 Å². The summed E-state index contributed by atoms with van der Waals surface area (Å²) in [6.45, 7) is 0.297. The third kappa shape index (κ3) is 6.25. The number of carbonyl (C=O) groups is 2. The first-order chi connectivity index (χ1) is 18.5. The third-order valence-corrected chi connectivity index (χ3v) is 7.28. The van der Waals surface area contributed by atoms with Gasteiger partial charge in [-0.2, -0.15) is 0 Å². The summed E-state index contributed by atoms with van der Waals surface area (Å²) in [6, 6.07) is 21.2. The minimum Gasteiger partial charge on any atom is -0.486 e. The number of halogens is 2. The van der Waals surface area contributed by atoms with Crippen LogP contribution in [0.3, 0.4) is 0 Å². The molecule has 1 aliphatic heterocycles. The van der Waals surface area contributed by atoms with Crippen LogP contribution < -0.4 is 14.8 Å². The lowest BCUT2D eigenvalue weighted by Crippen LogP contribution is -2.25. The molecule has 40 heavy (non-hydrogen) atoms. The van der Waals surface area contributed by atoms with Crippen LogP contribution in [0.2, 0.25) is 0 Å². The van der Waals surface area contributed by atoms with Gasteiger partial charge in [-0.3, -0.25) is 14.9 Å². The zero-order valence-corrected chi connectivity index (χ0v) is 23.7. The van der Waals surface area contributed by atoms with Crippen molar-refractivity contribution in [3.05, 3.63) is 96.8 Å². The lowest BCUT2D eigenvalue weighted by molar-refractivity contribution is -0.118. The Hall–Kier alpha value is -3.99. The Balaban J connectivity index is 0.00000185. The molecule has 0 spiro atoms. The maximum atomic E-state index is 11.8. The number of hydrogen-bond donors (Lipinski definition) is 1. The molecule has 1 unspecified atom stereocenters. The number of nitrogens with one attached hydrogen (secondary N) is 1. The largest absolute Gasteiger partial charge is 0.486 e. The number of nitrogens with zero attached hydrogens (tertiary/aromatic N) is 4. The van der Waals surface area contributed by atoms with Crippen LogP contribution in [0.1, 0.15) is 11.4 Å². The first kappa shape index (κ1) is 29.0. The van der Waals surface area contributed by atoms with Crippen molar-refractivity contribution in [2.45, 2.75) is 18.3 Å². The molecule has 9 nitrogen and oxygen atoms in total. The molecule has 206 valence electrons. The van der Waals surface area contributed by atoms with E-state index in [0.29, 0.717) is 18.8 Å². The molecule has 0 bridgehead atoms. The van der Waals surface area contributed by atoms with Gasteiger partial charge in [-0.15, -0.1) is 24.8 Å². The molecule has 1 fully saturated rings. The average Bonchev–Trinajstić information content (AvgIpc) is 3.64. The standard InChI is InChI=1S/C28H23N5O4S.2ClH/c1-32-24-15-22(37-21-8-4-19(5-9-21)33-13-12-29-17-33)10-11-23(24)30-26(32)16-36-20-6-2-18(3-7-20)14-25-27(34)31-28(35)38-25;;/h2-13,15,17,25H,14,16H2,1H3,(H,31,34,35);2*1H. The van der Waals surface area contributed by atoms with Crippen LogP contribution >= 0.6 is 36.6 Å². The van der Waals surface area contributed by atoms with Crippen molar-refractivity contribution in [1.82, 2.24) is 24.4 Å². The lowest BCUT2D eigenvalue weighted by Gasteiger charge is -2.09. The molecule has 3 aromatic carbocycles. The number of aryl methyl sites for hydroxylation is 1. The Morgan fingerprint density at radius 2 is 1.68 bits per heavy atom. The maximum absolute atomic E-state index is 11.8. The molecule has 3 heterocycles. The van der Waals surface area contributed by atoms with Crippen LogP contribution in [0, 0.1) is 0 Å². The smallest absolute Gasteiger partial charge is 0.286 e. The first-order valence-electron chi connectivity index (χ1n) is 12.0. The molecule has 1 atom stereocenters. The van der Waals surface area contributed by atoms with Gasteiger partial charge in [-0.05, 0) is 60.5 Å².